The first kappa shape index (κ1) is 19.9. The Kier molecular flexibility index (Phi) is 7.59. The summed E-state index contributed by atoms with van der Waals surface area (Å²) in [5.74, 6) is -0.746. The lowest BCUT2D eigenvalue weighted by atomic mass is 10.2. The van der Waals surface area contributed by atoms with Crippen LogP contribution in [0.2, 0.25) is 0 Å². The standard InChI is InChI=1S/C19H20BrFN2O3/c1-13(12-26-17-5-3-2-4-16(17)21)23-18(24)10-11-22-19(25)14-6-8-15(20)9-7-14/h2-9,13H,10-12H2,1H3,(H,22,25)(H,23,24). The monoisotopic (exact) mass is 422 g/mol. The number of rotatable bonds is 8. The van der Waals surface area contributed by atoms with E-state index in [2.05, 4.69) is 26.6 Å². The number of hydrogen-bond acceptors (Lipinski definition) is 3. The zero-order valence-electron chi connectivity index (χ0n) is 14.3. The summed E-state index contributed by atoms with van der Waals surface area (Å²) in [5.41, 5.74) is 0.528. The van der Waals surface area contributed by atoms with Gasteiger partial charge in [0, 0.05) is 23.0 Å². The highest BCUT2D eigenvalue weighted by Crippen LogP contribution is 2.15. The van der Waals surface area contributed by atoms with Gasteiger partial charge in [0.05, 0.1) is 6.04 Å². The number of halogens is 2. The molecule has 2 aromatic rings. The van der Waals surface area contributed by atoms with Crippen molar-refractivity contribution in [2.24, 2.45) is 0 Å². The van der Waals surface area contributed by atoms with E-state index in [0.29, 0.717) is 5.56 Å². The number of para-hydroxylation sites is 1. The van der Waals surface area contributed by atoms with Crippen LogP contribution in [-0.4, -0.2) is 31.0 Å². The van der Waals surface area contributed by atoms with Crippen LogP contribution in [0.15, 0.2) is 53.0 Å². The second kappa shape index (κ2) is 9.91. The molecule has 0 fully saturated rings. The van der Waals surface area contributed by atoms with Crippen LogP contribution in [-0.2, 0) is 4.79 Å². The van der Waals surface area contributed by atoms with Crippen LogP contribution in [0.3, 0.4) is 0 Å². The van der Waals surface area contributed by atoms with Crippen LogP contribution in [0.5, 0.6) is 5.75 Å². The van der Waals surface area contributed by atoms with E-state index in [-0.39, 0.29) is 43.2 Å². The third-order valence-corrected chi connectivity index (χ3v) is 4.01. The minimum absolute atomic E-state index is 0.145. The van der Waals surface area contributed by atoms with E-state index < -0.39 is 5.82 Å². The largest absolute Gasteiger partial charge is 0.488 e. The first-order valence-corrected chi connectivity index (χ1v) is 8.95. The molecule has 0 aliphatic heterocycles. The minimum atomic E-state index is -0.443. The van der Waals surface area contributed by atoms with Crippen molar-refractivity contribution in [3.05, 3.63) is 64.4 Å². The van der Waals surface area contributed by atoms with Gasteiger partial charge in [-0.15, -0.1) is 0 Å². The Labute approximate surface area is 160 Å². The average molecular weight is 423 g/mol. The third-order valence-electron chi connectivity index (χ3n) is 3.48. The van der Waals surface area contributed by atoms with Gasteiger partial charge in [-0.3, -0.25) is 9.59 Å². The summed E-state index contributed by atoms with van der Waals surface area (Å²) >= 11 is 3.30. The molecule has 0 aromatic heterocycles. The normalized spacial score (nSPS) is 11.5. The molecule has 2 N–H and O–H groups in total. The highest BCUT2D eigenvalue weighted by molar-refractivity contribution is 9.10. The topological polar surface area (TPSA) is 67.4 Å². The van der Waals surface area contributed by atoms with Crippen molar-refractivity contribution < 1.29 is 18.7 Å². The number of nitrogens with one attached hydrogen (secondary N) is 2. The van der Waals surface area contributed by atoms with Gasteiger partial charge >= 0.3 is 0 Å². The highest BCUT2D eigenvalue weighted by atomic mass is 79.9. The van der Waals surface area contributed by atoms with E-state index in [4.69, 9.17) is 4.74 Å². The van der Waals surface area contributed by atoms with E-state index in [9.17, 15) is 14.0 Å². The van der Waals surface area contributed by atoms with E-state index in [1.54, 1.807) is 43.3 Å². The maximum Gasteiger partial charge on any atom is 0.251 e. The molecule has 1 atom stereocenters. The molecule has 26 heavy (non-hydrogen) atoms. The Balaban J connectivity index is 1.67. The molecule has 2 amide bonds. The first-order chi connectivity index (χ1) is 12.5. The lowest BCUT2D eigenvalue weighted by molar-refractivity contribution is -0.121. The quantitative estimate of drug-likeness (QED) is 0.685. The molecule has 2 rings (SSSR count). The van der Waals surface area contributed by atoms with Crippen molar-refractivity contribution in [1.82, 2.24) is 10.6 Å². The molecule has 0 bridgehead atoms. The maximum atomic E-state index is 13.5. The van der Waals surface area contributed by atoms with Crippen LogP contribution in [0.1, 0.15) is 23.7 Å². The molecule has 0 aliphatic carbocycles. The summed E-state index contributed by atoms with van der Waals surface area (Å²) in [7, 11) is 0. The summed E-state index contributed by atoms with van der Waals surface area (Å²) in [6.07, 6.45) is 0.145. The van der Waals surface area contributed by atoms with E-state index in [0.717, 1.165) is 4.47 Å². The van der Waals surface area contributed by atoms with E-state index >= 15 is 0 Å². The fourth-order valence-electron chi connectivity index (χ4n) is 2.16. The predicted octanol–water partition coefficient (Wildman–Crippen LogP) is 3.29. The van der Waals surface area contributed by atoms with Crippen molar-refractivity contribution >= 4 is 27.7 Å². The Morgan fingerprint density at radius 1 is 1.15 bits per heavy atom. The Bertz CT molecular complexity index is 753. The van der Waals surface area contributed by atoms with Gasteiger partial charge in [0.2, 0.25) is 5.91 Å². The Morgan fingerprint density at radius 2 is 1.85 bits per heavy atom. The van der Waals surface area contributed by atoms with Gasteiger partial charge < -0.3 is 15.4 Å². The van der Waals surface area contributed by atoms with E-state index in [1.807, 2.05) is 0 Å². The van der Waals surface area contributed by atoms with Crippen molar-refractivity contribution in [3.63, 3.8) is 0 Å². The third kappa shape index (κ3) is 6.48. The lowest BCUT2D eigenvalue weighted by Crippen LogP contribution is -2.38. The minimum Gasteiger partial charge on any atom is -0.488 e. The highest BCUT2D eigenvalue weighted by Gasteiger charge is 2.11. The Hall–Kier alpha value is -2.41. The molecule has 0 heterocycles. The van der Waals surface area contributed by atoms with Crippen LogP contribution in [0.4, 0.5) is 4.39 Å². The summed E-state index contributed by atoms with van der Waals surface area (Å²) in [5, 5.41) is 5.44. The van der Waals surface area contributed by atoms with Gasteiger partial charge in [-0.2, -0.15) is 0 Å². The molecule has 5 nitrogen and oxygen atoms in total. The van der Waals surface area contributed by atoms with Gasteiger partial charge in [-0.05, 0) is 43.3 Å². The lowest BCUT2D eigenvalue weighted by Gasteiger charge is -2.15. The molecular weight excluding hydrogens is 403 g/mol. The van der Waals surface area contributed by atoms with Gasteiger partial charge in [-0.1, -0.05) is 28.1 Å². The number of amides is 2. The zero-order valence-corrected chi connectivity index (χ0v) is 15.9. The fourth-order valence-corrected chi connectivity index (χ4v) is 2.42. The van der Waals surface area contributed by atoms with Crippen LogP contribution in [0.25, 0.3) is 0 Å². The molecule has 2 aromatic carbocycles. The summed E-state index contributed by atoms with van der Waals surface area (Å²) in [6.45, 7) is 2.14. The van der Waals surface area contributed by atoms with Gasteiger partial charge in [-0.25, -0.2) is 4.39 Å². The molecule has 0 aliphatic rings. The number of carbonyl (C=O) groups is 2. The molecule has 138 valence electrons. The molecule has 0 saturated heterocycles. The van der Waals surface area contributed by atoms with Crippen LogP contribution in [0, 0.1) is 5.82 Å². The second-order valence-electron chi connectivity index (χ2n) is 5.72. The molecule has 0 spiro atoms. The summed E-state index contributed by atoms with van der Waals surface area (Å²) in [6, 6.07) is 12.8. The number of carbonyl (C=O) groups excluding carboxylic acids is 2. The molecule has 0 radical (unpaired) electrons. The van der Waals surface area contributed by atoms with Crippen molar-refractivity contribution in [2.75, 3.05) is 13.2 Å². The second-order valence-corrected chi connectivity index (χ2v) is 6.64. The van der Waals surface area contributed by atoms with Gasteiger partial charge in [0.25, 0.3) is 5.91 Å². The van der Waals surface area contributed by atoms with Crippen molar-refractivity contribution in [2.45, 2.75) is 19.4 Å². The summed E-state index contributed by atoms with van der Waals surface area (Å²) < 4.78 is 19.7. The maximum absolute atomic E-state index is 13.5. The Morgan fingerprint density at radius 3 is 2.54 bits per heavy atom. The van der Waals surface area contributed by atoms with Gasteiger partial charge in [0.15, 0.2) is 11.6 Å². The van der Waals surface area contributed by atoms with Crippen molar-refractivity contribution in [3.8, 4) is 5.75 Å². The first-order valence-electron chi connectivity index (χ1n) is 8.16. The number of benzene rings is 2. The predicted molar refractivity (Wildman–Crippen MR) is 101 cm³/mol. The molecule has 7 heteroatoms. The zero-order chi connectivity index (χ0) is 18.9. The molecule has 1 unspecified atom stereocenters. The fraction of sp³-hybridized carbons (Fsp3) is 0.263. The number of ether oxygens (including phenoxy) is 1. The van der Waals surface area contributed by atoms with Gasteiger partial charge in [0.1, 0.15) is 6.61 Å². The molecule has 0 saturated carbocycles. The van der Waals surface area contributed by atoms with Crippen LogP contribution < -0.4 is 15.4 Å². The van der Waals surface area contributed by atoms with Crippen molar-refractivity contribution in [1.29, 1.82) is 0 Å². The molecular formula is C19H20BrFN2O3. The SMILES string of the molecule is CC(COc1ccccc1F)NC(=O)CCNC(=O)c1ccc(Br)cc1. The number of hydrogen-bond donors (Lipinski definition) is 2. The van der Waals surface area contributed by atoms with Crippen LogP contribution >= 0.6 is 15.9 Å². The summed E-state index contributed by atoms with van der Waals surface area (Å²) in [4.78, 5) is 23.8. The van der Waals surface area contributed by atoms with E-state index in [1.165, 1.54) is 12.1 Å². The average Bonchev–Trinajstić information content (AvgIpc) is 2.61. The smallest absolute Gasteiger partial charge is 0.251 e.